The third-order valence-corrected chi connectivity index (χ3v) is 6.97. The number of carbonyl (C=O) groups is 1. The molecule has 3 N–H and O–H groups in total. The van der Waals surface area contributed by atoms with Crippen molar-refractivity contribution in [3.8, 4) is 0 Å². The standard InChI is InChI=1S/C25H26N4O3S/c1-17-7-5-10-21(18(17)2)29-33(31,32)20-14-12-19(13-15-20)25(30)26-16-6-11-24-27-22-8-3-4-9-23(22)28-24/h3-5,7-10,12-15,29H,6,11,16H2,1-2H3,(H,26,30)(H,27,28). The molecule has 4 aromatic rings. The summed E-state index contributed by atoms with van der Waals surface area (Å²) in [5.41, 5.74) is 4.75. The average Bonchev–Trinajstić information content (AvgIpc) is 3.22. The van der Waals surface area contributed by atoms with Crippen LogP contribution in [0.1, 0.15) is 33.7 Å². The molecule has 3 aromatic carbocycles. The van der Waals surface area contributed by atoms with Gasteiger partial charge in [0.1, 0.15) is 5.82 Å². The van der Waals surface area contributed by atoms with E-state index in [0.29, 0.717) is 17.8 Å². The largest absolute Gasteiger partial charge is 0.352 e. The van der Waals surface area contributed by atoms with Gasteiger partial charge in [-0.2, -0.15) is 0 Å². The van der Waals surface area contributed by atoms with Gasteiger partial charge in [0.25, 0.3) is 15.9 Å². The molecular formula is C25H26N4O3S. The zero-order valence-electron chi connectivity index (χ0n) is 18.6. The fraction of sp³-hybridized carbons (Fsp3) is 0.200. The monoisotopic (exact) mass is 462 g/mol. The number of aromatic amines is 1. The maximum atomic E-state index is 12.7. The summed E-state index contributed by atoms with van der Waals surface area (Å²) >= 11 is 0. The molecule has 1 heterocycles. The molecule has 1 amide bonds. The minimum Gasteiger partial charge on any atom is -0.352 e. The number of nitrogens with one attached hydrogen (secondary N) is 3. The van der Waals surface area contributed by atoms with Crippen molar-refractivity contribution in [2.75, 3.05) is 11.3 Å². The van der Waals surface area contributed by atoms with Crippen LogP contribution in [0.15, 0.2) is 71.6 Å². The topological polar surface area (TPSA) is 104 Å². The van der Waals surface area contributed by atoms with E-state index in [4.69, 9.17) is 0 Å². The predicted molar refractivity (Wildman–Crippen MR) is 130 cm³/mol. The number of imidazole rings is 1. The van der Waals surface area contributed by atoms with Crippen molar-refractivity contribution in [1.29, 1.82) is 0 Å². The summed E-state index contributed by atoms with van der Waals surface area (Å²) in [6, 6.07) is 19.2. The first-order chi connectivity index (χ1) is 15.8. The fourth-order valence-corrected chi connectivity index (χ4v) is 4.66. The van der Waals surface area contributed by atoms with Crippen LogP contribution >= 0.6 is 0 Å². The van der Waals surface area contributed by atoms with Crippen LogP contribution in [0.25, 0.3) is 11.0 Å². The van der Waals surface area contributed by atoms with E-state index in [1.54, 1.807) is 6.07 Å². The smallest absolute Gasteiger partial charge is 0.261 e. The second kappa shape index (κ2) is 9.46. The van der Waals surface area contributed by atoms with Gasteiger partial charge in [-0.05, 0) is 73.9 Å². The van der Waals surface area contributed by atoms with Gasteiger partial charge in [-0.1, -0.05) is 24.3 Å². The zero-order chi connectivity index (χ0) is 23.4. The van der Waals surface area contributed by atoms with Crippen molar-refractivity contribution in [1.82, 2.24) is 15.3 Å². The SMILES string of the molecule is Cc1cccc(NS(=O)(=O)c2ccc(C(=O)NCCCc3nc4ccccc4[nH]3)cc2)c1C. The van der Waals surface area contributed by atoms with Gasteiger partial charge in [0.05, 0.1) is 21.6 Å². The molecule has 170 valence electrons. The molecule has 0 fully saturated rings. The van der Waals surface area contributed by atoms with Gasteiger partial charge in [0.2, 0.25) is 0 Å². The minimum absolute atomic E-state index is 0.102. The Kier molecular flexibility index (Phi) is 6.46. The van der Waals surface area contributed by atoms with Crippen molar-refractivity contribution in [2.24, 2.45) is 0 Å². The summed E-state index contributed by atoms with van der Waals surface area (Å²) in [7, 11) is -3.75. The van der Waals surface area contributed by atoms with Crippen molar-refractivity contribution in [2.45, 2.75) is 31.6 Å². The fourth-order valence-electron chi connectivity index (χ4n) is 3.53. The Morgan fingerprint density at radius 2 is 1.73 bits per heavy atom. The third kappa shape index (κ3) is 5.23. The van der Waals surface area contributed by atoms with Crippen LogP contribution in [0.5, 0.6) is 0 Å². The summed E-state index contributed by atoms with van der Waals surface area (Å²) in [6.07, 6.45) is 1.45. The Morgan fingerprint density at radius 1 is 0.970 bits per heavy atom. The van der Waals surface area contributed by atoms with E-state index in [-0.39, 0.29) is 10.8 Å². The normalized spacial score (nSPS) is 11.5. The van der Waals surface area contributed by atoms with Crippen LogP contribution in [-0.4, -0.2) is 30.8 Å². The Morgan fingerprint density at radius 3 is 2.48 bits per heavy atom. The van der Waals surface area contributed by atoms with Crippen molar-refractivity contribution in [3.05, 3.63) is 89.2 Å². The molecule has 0 saturated carbocycles. The zero-order valence-corrected chi connectivity index (χ0v) is 19.4. The molecule has 33 heavy (non-hydrogen) atoms. The predicted octanol–water partition coefficient (Wildman–Crippen LogP) is 4.34. The number of para-hydroxylation sites is 2. The second-order valence-corrected chi connectivity index (χ2v) is 9.62. The number of rotatable bonds is 8. The van der Waals surface area contributed by atoms with Gasteiger partial charge in [-0.25, -0.2) is 13.4 Å². The van der Waals surface area contributed by atoms with Crippen molar-refractivity contribution in [3.63, 3.8) is 0 Å². The number of hydrogen-bond donors (Lipinski definition) is 3. The summed E-state index contributed by atoms with van der Waals surface area (Å²) in [4.78, 5) is 20.3. The van der Waals surface area contributed by atoms with Crippen LogP contribution < -0.4 is 10.0 Å². The molecule has 0 spiro atoms. The highest BCUT2D eigenvalue weighted by Gasteiger charge is 2.16. The molecular weight excluding hydrogens is 436 g/mol. The molecule has 0 bridgehead atoms. The molecule has 0 unspecified atom stereocenters. The first-order valence-electron chi connectivity index (χ1n) is 10.7. The molecule has 0 aliphatic carbocycles. The van der Waals surface area contributed by atoms with Crippen LogP contribution in [0.3, 0.4) is 0 Å². The average molecular weight is 463 g/mol. The molecule has 0 saturated heterocycles. The number of sulfonamides is 1. The van der Waals surface area contributed by atoms with Gasteiger partial charge in [0.15, 0.2) is 0 Å². The van der Waals surface area contributed by atoms with Crippen LogP contribution in [-0.2, 0) is 16.4 Å². The third-order valence-electron chi connectivity index (χ3n) is 5.59. The molecule has 4 rings (SSSR count). The molecule has 0 aliphatic rings. The lowest BCUT2D eigenvalue weighted by Gasteiger charge is -2.12. The molecule has 0 atom stereocenters. The number of anilines is 1. The number of H-pyrrole nitrogens is 1. The van der Waals surface area contributed by atoms with E-state index in [2.05, 4.69) is 20.0 Å². The molecule has 8 heteroatoms. The number of carbonyl (C=O) groups excluding carboxylic acids is 1. The van der Waals surface area contributed by atoms with Gasteiger partial charge in [-0.15, -0.1) is 0 Å². The number of amides is 1. The maximum absolute atomic E-state index is 12.7. The lowest BCUT2D eigenvalue weighted by Crippen LogP contribution is -2.25. The van der Waals surface area contributed by atoms with Crippen LogP contribution in [0.4, 0.5) is 5.69 Å². The molecule has 0 radical (unpaired) electrons. The lowest BCUT2D eigenvalue weighted by molar-refractivity contribution is 0.0953. The van der Waals surface area contributed by atoms with Crippen molar-refractivity contribution >= 4 is 32.7 Å². The highest BCUT2D eigenvalue weighted by atomic mass is 32.2. The molecule has 0 aliphatic heterocycles. The lowest BCUT2D eigenvalue weighted by atomic mass is 10.1. The van der Waals surface area contributed by atoms with E-state index in [0.717, 1.165) is 40.8 Å². The Bertz CT molecular complexity index is 1360. The Hall–Kier alpha value is -3.65. The van der Waals surface area contributed by atoms with E-state index < -0.39 is 10.0 Å². The maximum Gasteiger partial charge on any atom is 0.261 e. The highest BCUT2D eigenvalue weighted by molar-refractivity contribution is 7.92. The van der Waals surface area contributed by atoms with E-state index in [9.17, 15) is 13.2 Å². The summed E-state index contributed by atoms with van der Waals surface area (Å²) in [6.45, 7) is 4.29. The van der Waals surface area contributed by atoms with Gasteiger partial charge in [0, 0.05) is 18.5 Å². The number of fused-ring (bicyclic) bond motifs is 1. The minimum atomic E-state index is -3.75. The summed E-state index contributed by atoms with van der Waals surface area (Å²) in [5.74, 6) is 0.641. The first kappa shape index (κ1) is 22.5. The number of aryl methyl sites for hydroxylation is 2. The summed E-state index contributed by atoms with van der Waals surface area (Å²) < 4.78 is 28.1. The highest BCUT2D eigenvalue weighted by Crippen LogP contribution is 2.22. The Labute approximate surface area is 193 Å². The van der Waals surface area contributed by atoms with Crippen molar-refractivity contribution < 1.29 is 13.2 Å². The van der Waals surface area contributed by atoms with Crippen LogP contribution in [0.2, 0.25) is 0 Å². The van der Waals surface area contributed by atoms with Gasteiger partial charge < -0.3 is 10.3 Å². The van der Waals surface area contributed by atoms with Gasteiger partial charge in [-0.3, -0.25) is 9.52 Å². The first-order valence-corrected chi connectivity index (χ1v) is 12.2. The number of aromatic nitrogens is 2. The van der Waals surface area contributed by atoms with E-state index in [1.807, 2.05) is 50.2 Å². The Balaban J connectivity index is 1.32. The molecule has 7 nitrogen and oxygen atoms in total. The van der Waals surface area contributed by atoms with E-state index >= 15 is 0 Å². The van der Waals surface area contributed by atoms with Crippen LogP contribution in [0, 0.1) is 13.8 Å². The quantitative estimate of drug-likeness (QED) is 0.339. The number of benzene rings is 3. The number of hydrogen-bond acceptors (Lipinski definition) is 4. The number of nitrogens with zero attached hydrogens (tertiary/aromatic N) is 1. The molecule has 1 aromatic heterocycles. The van der Waals surface area contributed by atoms with Gasteiger partial charge >= 0.3 is 0 Å². The summed E-state index contributed by atoms with van der Waals surface area (Å²) in [5, 5.41) is 2.87. The second-order valence-electron chi connectivity index (χ2n) is 7.94. The van der Waals surface area contributed by atoms with E-state index in [1.165, 1.54) is 24.3 Å².